The van der Waals surface area contributed by atoms with Gasteiger partial charge in [-0.05, 0) is 25.7 Å². The number of hydrogen-bond acceptors (Lipinski definition) is 6. The van der Waals surface area contributed by atoms with E-state index in [1.165, 1.54) is 6.33 Å². The van der Waals surface area contributed by atoms with Crippen LogP contribution in [0, 0.1) is 0 Å². The molecule has 1 amide bonds. The lowest BCUT2D eigenvalue weighted by Gasteiger charge is -2.38. The van der Waals surface area contributed by atoms with Crippen molar-refractivity contribution >= 4 is 11.7 Å². The molecule has 0 aliphatic carbocycles. The Balaban J connectivity index is 1.52. The lowest BCUT2D eigenvalue weighted by atomic mass is 9.99. The standard InChI is InChI=1S/C15H23N5O2/c1-22-14-9-13(17-10-18-14)19-11-4-7-20(8-5-11)12-3-2-6-16-15(12)21/h9-12H,2-8H2,1H3,(H,16,21)(H,17,18,19). The highest BCUT2D eigenvalue weighted by atomic mass is 16.5. The maximum absolute atomic E-state index is 11.9. The number of ether oxygens (including phenoxy) is 1. The first kappa shape index (κ1) is 15.0. The lowest BCUT2D eigenvalue weighted by Crippen LogP contribution is -2.53. The van der Waals surface area contributed by atoms with Crippen molar-refractivity contribution in [3.8, 4) is 5.88 Å². The van der Waals surface area contributed by atoms with Crippen LogP contribution in [0.4, 0.5) is 5.82 Å². The van der Waals surface area contributed by atoms with Crippen LogP contribution in [-0.2, 0) is 4.79 Å². The molecule has 3 heterocycles. The number of aromatic nitrogens is 2. The van der Waals surface area contributed by atoms with Gasteiger partial charge in [0.25, 0.3) is 0 Å². The Labute approximate surface area is 130 Å². The fourth-order valence-electron chi connectivity index (χ4n) is 3.20. The van der Waals surface area contributed by atoms with Crippen LogP contribution < -0.4 is 15.4 Å². The Kier molecular flexibility index (Phi) is 4.72. The molecule has 1 aromatic rings. The normalized spacial score (nSPS) is 23.9. The molecule has 2 fully saturated rings. The smallest absolute Gasteiger partial charge is 0.237 e. The van der Waals surface area contributed by atoms with Crippen LogP contribution in [0.2, 0.25) is 0 Å². The van der Waals surface area contributed by atoms with E-state index in [1.54, 1.807) is 13.2 Å². The molecule has 0 bridgehead atoms. The van der Waals surface area contributed by atoms with Gasteiger partial charge < -0.3 is 15.4 Å². The molecule has 2 N–H and O–H groups in total. The number of likely N-dealkylation sites (tertiary alicyclic amines) is 1. The summed E-state index contributed by atoms with van der Waals surface area (Å²) in [5.41, 5.74) is 0. The van der Waals surface area contributed by atoms with E-state index in [4.69, 9.17) is 4.74 Å². The number of methoxy groups -OCH3 is 1. The van der Waals surface area contributed by atoms with Crippen LogP contribution in [0.3, 0.4) is 0 Å². The van der Waals surface area contributed by atoms with E-state index in [1.807, 2.05) is 0 Å². The molecule has 7 heteroatoms. The number of rotatable bonds is 4. The SMILES string of the molecule is COc1cc(NC2CCN(C3CCCNC3=O)CC2)ncn1. The van der Waals surface area contributed by atoms with Crippen LogP contribution in [0.25, 0.3) is 0 Å². The summed E-state index contributed by atoms with van der Waals surface area (Å²) in [7, 11) is 1.60. The molecule has 2 aliphatic heterocycles. The fourth-order valence-corrected chi connectivity index (χ4v) is 3.20. The van der Waals surface area contributed by atoms with E-state index in [0.717, 1.165) is 51.1 Å². The van der Waals surface area contributed by atoms with Crippen LogP contribution in [0.5, 0.6) is 5.88 Å². The number of carbonyl (C=O) groups is 1. The molecule has 1 atom stereocenters. The minimum atomic E-state index is 0.0637. The van der Waals surface area contributed by atoms with Gasteiger partial charge in [0, 0.05) is 31.7 Å². The van der Waals surface area contributed by atoms with Gasteiger partial charge >= 0.3 is 0 Å². The van der Waals surface area contributed by atoms with Gasteiger partial charge in [-0.3, -0.25) is 9.69 Å². The summed E-state index contributed by atoms with van der Waals surface area (Å²) < 4.78 is 5.11. The Morgan fingerprint density at radius 3 is 2.86 bits per heavy atom. The van der Waals surface area contributed by atoms with Gasteiger partial charge in [-0.1, -0.05) is 0 Å². The van der Waals surface area contributed by atoms with Crippen LogP contribution in [0.15, 0.2) is 12.4 Å². The third-order valence-electron chi connectivity index (χ3n) is 4.43. The second-order valence-electron chi connectivity index (χ2n) is 5.85. The van der Waals surface area contributed by atoms with Crippen molar-refractivity contribution in [2.45, 2.75) is 37.8 Å². The Morgan fingerprint density at radius 1 is 1.32 bits per heavy atom. The third kappa shape index (κ3) is 3.47. The number of carbonyl (C=O) groups excluding carboxylic acids is 1. The largest absolute Gasteiger partial charge is 0.481 e. The molecule has 2 aliphatic rings. The quantitative estimate of drug-likeness (QED) is 0.850. The van der Waals surface area contributed by atoms with Gasteiger partial charge in [0.1, 0.15) is 12.1 Å². The number of nitrogens with zero attached hydrogens (tertiary/aromatic N) is 3. The highest BCUT2D eigenvalue weighted by molar-refractivity contribution is 5.82. The van der Waals surface area contributed by atoms with Crippen molar-refractivity contribution in [2.24, 2.45) is 0 Å². The molecule has 2 saturated heterocycles. The number of piperidine rings is 2. The monoisotopic (exact) mass is 305 g/mol. The van der Waals surface area contributed by atoms with Crippen molar-refractivity contribution in [3.05, 3.63) is 12.4 Å². The van der Waals surface area contributed by atoms with E-state index >= 15 is 0 Å². The van der Waals surface area contributed by atoms with Crippen molar-refractivity contribution in [2.75, 3.05) is 32.1 Å². The molecular formula is C15H23N5O2. The molecule has 0 aromatic carbocycles. The zero-order valence-corrected chi connectivity index (χ0v) is 12.9. The summed E-state index contributed by atoms with van der Waals surface area (Å²) in [5.74, 6) is 1.55. The summed E-state index contributed by atoms with van der Waals surface area (Å²) in [5, 5.41) is 6.40. The maximum Gasteiger partial charge on any atom is 0.237 e. The summed E-state index contributed by atoms with van der Waals surface area (Å²) in [4.78, 5) is 22.5. The number of anilines is 1. The Morgan fingerprint density at radius 2 is 2.14 bits per heavy atom. The van der Waals surface area contributed by atoms with Gasteiger partial charge in [0.15, 0.2) is 0 Å². The summed E-state index contributed by atoms with van der Waals surface area (Å²) >= 11 is 0. The summed E-state index contributed by atoms with van der Waals surface area (Å²) in [6, 6.07) is 2.25. The molecule has 120 valence electrons. The van der Waals surface area contributed by atoms with E-state index in [-0.39, 0.29) is 11.9 Å². The average Bonchev–Trinajstić information content (AvgIpc) is 2.56. The highest BCUT2D eigenvalue weighted by Gasteiger charge is 2.31. The van der Waals surface area contributed by atoms with Crippen molar-refractivity contribution < 1.29 is 9.53 Å². The first-order chi connectivity index (χ1) is 10.8. The first-order valence-electron chi connectivity index (χ1n) is 7.90. The summed E-state index contributed by atoms with van der Waals surface area (Å²) in [6.07, 6.45) is 5.58. The van der Waals surface area contributed by atoms with Crippen LogP contribution in [0.1, 0.15) is 25.7 Å². The van der Waals surface area contributed by atoms with E-state index in [9.17, 15) is 4.79 Å². The molecule has 7 nitrogen and oxygen atoms in total. The van der Waals surface area contributed by atoms with E-state index in [0.29, 0.717) is 11.9 Å². The van der Waals surface area contributed by atoms with Gasteiger partial charge in [0.2, 0.25) is 11.8 Å². The van der Waals surface area contributed by atoms with Gasteiger partial charge in [-0.15, -0.1) is 0 Å². The molecule has 0 radical (unpaired) electrons. The molecular weight excluding hydrogens is 282 g/mol. The number of hydrogen-bond donors (Lipinski definition) is 2. The van der Waals surface area contributed by atoms with Crippen molar-refractivity contribution in [1.29, 1.82) is 0 Å². The minimum absolute atomic E-state index is 0.0637. The average molecular weight is 305 g/mol. The van der Waals surface area contributed by atoms with E-state index in [2.05, 4.69) is 25.5 Å². The van der Waals surface area contributed by atoms with Gasteiger partial charge in [-0.2, -0.15) is 0 Å². The zero-order chi connectivity index (χ0) is 15.4. The highest BCUT2D eigenvalue weighted by Crippen LogP contribution is 2.21. The summed E-state index contributed by atoms with van der Waals surface area (Å²) in [6.45, 7) is 2.71. The van der Waals surface area contributed by atoms with Crippen LogP contribution >= 0.6 is 0 Å². The van der Waals surface area contributed by atoms with Gasteiger partial charge in [0.05, 0.1) is 13.2 Å². The second-order valence-corrected chi connectivity index (χ2v) is 5.85. The van der Waals surface area contributed by atoms with E-state index < -0.39 is 0 Å². The molecule has 22 heavy (non-hydrogen) atoms. The first-order valence-corrected chi connectivity index (χ1v) is 7.90. The predicted octanol–water partition coefficient (Wildman–Crippen LogP) is 0.640. The molecule has 0 spiro atoms. The third-order valence-corrected chi connectivity index (χ3v) is 4.43. The van der Waals surface area contributed by atoms with Crippen LogP contribution in [-0.4, -0.2) is 59.6 Å². The molecule has 3 rings (SSSR count). The zero-order valence-electron chi connectivity index (χ0n) is 12.9. The second kappa shape index (κ2) is 6.91. The van der Waals surface area contributed by atoms with Crippen molar-refractivity contribution in [1.82, 2.24) is 20.2 Å². The minimum Gasteiger partial charge on any atom is -0.481 e. The molecule has 1 aromatic heterocycles. The Bertz CT molecular complexity index is 516. The molecule has 0 saturated carbocycles. The molecule has 1 unspecified atom stereocenters. The number of nitrogens with one attached hydrogen (secondary N) is 2. The van der Waals surface area contributed by atoms with Gasteiger partial charge in [-0.25, -0.2) is 9.97 Å². The topological polar surface area (TPSA) is 79.4 Å². The Hall–Kier alpha value is -1.89. The van der Waals surface area contributed by atoms with Crippen molar-refractivity contribution in [3.63, 3.8) is 0 Å². The lowest BCUT2D eigenvalue weighted by molar-refractivity contribution is -0.128. The number of amides is 1. The fraction of sp³-hybridized carbons (Fsp3) is 0.667. The maximum atomic E-state index is 11.9. The predicted molar refractivity (Wildman–Crippen MR) is 82.8 cm³/mol.